The predicted molar refractivity (Wildman–Crippen MR) is 98.8 cm³/mol. The number of carbonyl (C=O) groups is 1. The van der Waals surface area contributed by atoms with E-state index in [4.69, 9.17) is 9.47 Å². The Labute approximate surface area is 149 Å². The summed E-state index contributed by atoms with van der Waals surface area (Å²) in [4.78, 5) is 14.2. The average Bonchev–Trinajstić information content (AvgIpc) is 2.61. The van der Waals surface area contributed by atoms with Gasteiger partial charge in [-0.1, -0.05) is 36.4 Å². The highest BCUT2D eigenvalue weighted by Gasteiger charge is 2.07. The number of carbonyl (C=O) groups excluding carboxylic acids is 1. The number of hydrogen-bond acceptors (Lipinski definition) is 4. The van der Waals surface area contributed by atoms with Gasteiger partial charge in [-0.3, -0.25) is 4.79 Å². The van der Waals surface area contributed by atoms with E-state index in [9.17, 15) is 4.79 Å². The summed E-state index contributed by atoms with van der Waals surface area (Å²) in [7, 11) is 5.66. The van der Waals surface area contributed by atoms with Gasteiger partial charge in [0.25, 0.3) is 0 Å². The molecule has 0 atom stereocenters. The van der Waals surface area contributed by atoms with Gasteiger partial charge in [0, 0.05) is 13.1 Å². The fourth-order valence-electron chi connectivity index (χ4n) is 2.50. The summed E-state index contributed by atoms with van der Waals surface area (Å²) in [6, 6.07) is 15.6. The van der Waals surface area contributed by atoms with E-state index in [2.05, 4.69) is 16.3 Å². The van der Waals surface area contributed by atoms with Gasteiger partial charge < -0.3 is 19.7 Å². The van der Waals surface area contributed by atoms with Crippen LogP contribution >= 0.6 is 0 Å². The molecule has 134 valence electrons. The highest BCUT2D eigenvalue weighted by molar-refractivity contribution is 5.76. The molecule has 1 N–H and O–H groups in total. The Morgan fingerprint density at radius 3 is 2.32 bits per heavy atom. The molecule has 2 aromatic rings. The molecule has 0 aliphatic heterocycles. The molecule has 0 aliphatic carbocycles. The summed E-state index contributed by atoms with van der Waals surface area (Å²) in [5.41, 5.74) is 2.35. The Bertz CT molecular complexity index is 686. The lowest BCUT2D eigenvalue weighted by Crippen LogP contribution is -2.25. The average molecular weight is 342 g/mol. The van der Waals surface area contributed by atoms with E-state index in [0.717, 1.165) is 12.1 Å². The molecule has 5 heteroatoms. The Morgan fingerprint density at radius 2 is 1.64 bits per heavy atom. The first-order valence-corrected chi connectivity index (χ1v) is 8.34. The summed E-state index contributed by atoms with van der Waals surface area (Å²) in [5.74, 6) is 1.28. The normalized spacial score (nSPS) is 10.6. The van der Waals surface area contributed by atoms with E-state index in [-0.39, 0.29) is 5.91 Å². The fraction of sp³-hybridized carbons (Fsp3) is 0.350. The van der Waals surface area contributed by atoms with Crippen molar-refractivity contribution >= 4 is 5.91 Å². The molecule has 0 heterocycles. The zero-order chi connectivity index (χ0) is 18.1. The Hall–Kier alpha value is -2.53. The molecular weight excluding hydrogens is 316 g/mol. The van der Waals surface area contributed by atoms with E-state index in [0.29, 0.717) is 31.1 Å². The van der Waals surface area contributed by atoms with Crippen LogP contribution in [0.3, 0.4) is 0 Å². The molecule has 0 bridgehead atoms. The number of ether oxygens (including phenoxy) is 2. The Morgan fingerprint density at radius 1 is 1.00 bits per heavy atom. The second-order valence-electron chi connectivity index (χ2n) is 6.03. The predicted octanol–water partition coefficient (Wildman–Crippen LogP) is 2.84. The molecular formula is C20H26N2O3. The Balaban J connectivity index is 1.80. The van der Waals surface area contributed by atoms with Crippen molar-refractivity contribution in [3.05, 3.63) is 59.7 Å². The number of amides is 1. The number of nitrogens with one attached hydrogen (secondary N) is 1. The number of rotatable bonds is 9. The van der Waals surface area contributed by atoms with Crippen molar-refractivity contribution in [2.75, 3.05) is 27.8 Å². The number of nitrogens with zero attached hydrogens (tertiary/aromatic N) is 1. The quantitative estimate of drug-likeness (QED) is 0.761. The standard InChI is InChI=1S/C20H26N2O3/c1-22(2)15-17-9-5-4-8-16(17)14-21-20(23)12-13-25-19-11-7-6-10-18(19)24-3/h4-11H,12-15H2,1-3H3,(H,21,23). The highest BCUT2D eigenvalue weighted by atomic mass is 16.5. The SMILES string of the molecule is COc1ccccc1OCCC(=O)NCc1ccccc1CN(C)C. The van der Waals surface area contributed by atoms with Gasteiger partial charge in [-0.05, 0) is 37.4 Å². The van der Waals surface area contributed by atoms with E-state index in [1.807, 2.05) is 56.6 Å². The van der Waals surface area contributed by atoms with Gasteiger partial charge in [0.1, 0.15) is 0 Å². The zero-order valence-corrected chi connectivity index (χ0v) is 15.1. The minimum Gasteiger partial charge on any atom is -0.493 e. The smallest absolute Gasteiger partial charge is 0.223 e. The summed E-state index contributed by atoms with van der Waals surface area (Å²) in [6.45, 7) is 1.69. The van der Waals surface area contributed by atoms with Gasteiger partial charge in [0.15, 0.2) is 11.5 Å². The van der Waals surface area contributed by atoms with Crippen LogP contribution in [-0.2, 0) is 17.9 Å². The summed E-state index contributed by atoms with van der Waals surface area (Å²) in [5, 5.41) is 2.96. The topological polar surface area (TPSA) is 50.8 Å². The van der Waals surface area contributed by atoms with Crippen LogP contribution in [0.15, 0.2) is 48.5 Å². The first-order chi connectivity index (χ1) is 12.1. The first-order valence-electron chi connectivity index (χ1n) is 8.34. The molecule has 0 spiro atoms. The molecule has 0 fully saturated rings. The van der Waals surface area contributed by atoms with Crippen molar-refractivity contribution < 1.29 is 14.3 Å². The van der Waals surface area contributed by atoms with E-state index < -0.39 is 0 Å². The maximum atomic E-state index is 12.1. The number of para-hydroxylation sites is 2. The monoisotopic (exact) mass is 342 g/mol. The molecule has 2 rings (SSSR count). The molecule has 0 saturated heterocycles. The zero-order valence-electron chi connectivity index (χ0n) is 15.1. The van der Waals surface area contributed by atoms with Crippen molar-refractivity contribution in [1.82, 2.24) is 10.2 Å². The minimum absolute atomic E-state index is 0.0328. The van der Waals surface area contributed by atoms with Crippen molar-refractivity contribution in [1.29, 1.82) is 0 Å². The third kappa shape index (κ3) is 6.12. The molecule has 2 aromatic carbocycles. The second kappa shape index (κ2) is 9.69. The van der Waals surface area contributed by atoms with Crippen molar-refractivity contribution in [2.45, 2.75) is 19.5 Å². The number of benzene rings is 2. The third-order valence-corrected chi connectivity index (χ3v) is 3.74. The van der Waals surface area contributed by atoms with Gasteiger partial charge in [-0.2, -0.15) is 0 Å². The first kappa shape index (κ1) is 18.8. The van der Waals surface area contributed by atoms with E-state index in [1.165, 1.54) is 5.56 Å². The molecule has 5 nitrogen and oxygen atoms in total. The van der Waals surface area contributed by atoms with Crippen molar-refractivity contribution in [3.63, 3.8) is 0 Å². The molecule has 0 aliphatic rings. The van der Waals surface area contributed by atoms with Crippen LogP contribution in [0.2, 0.25) is 0 Å². The van der Waals surface area contributed by atoms with E-state index in [1.54, 1.807) is 7.11 Å². The van der Waals surface area contributed by atoms with Crippen LogP contribution < -0.4 is 14.8 Å². The Kier molecular flexibility index (Phi) is 7.29. The minimum atomic E-state index is -0.0328. The largest absolute Gasteiger partial charge is 0.493 e. The summed E-state index contributed by atoms with van der Waals surface area (Å²) in [6.07, 6.45) is 0.300. The number of hydrogen-bond donors (Lipinski definition) is 1. The maximum Gasteiger partial charge on any atom is 0.223 e. The lowest BCUT2D eigenvalue weighted by atomic mass is 10.1. The molecule has 1 amide bonds. The third-order valence-electron chi connectivity index (χ3n) is 3.74. The van der Waals surface area contributed by atoms with Gasteiger partial charge in [-0.25, -0.2) is 0 Å². The molecule has 0 aromatic heterocycles. The van der Waals surface area contributed by atoms with Gasteiger partial charge >= 0.3 is 0 Å². The highest BCUT2D eigenvalue weighted by Crippen LogP contribution is 2.25. The molecule has 0 unspecified atom stereocenters. The molecule has 0 radical (unpaired) electrons. The van der Waals surface area contributed by atoms with Gasteiger partial charge in [-0.15, -0.1) is 0 Å². The van der Waals surface area contributed by atoms with Crippen LogP contribution in [0.25, 0.3) is 0 Å². The summed E-state index contributed by atoms with van der Waals surface area (Å²) >= 11 is 0. The lowest BCUT2D eigenvalue weighted by Gasteiger charge is -2.15. The summed E-state index contributed by atoms with van der Waals surface area (Å²) < 4.78 is 10.9. The van der Waals surface area contributed by atoms with Crippen LogP contribution in [-0.4, -0.2) is 38.6 Å². The number of methoxy groups -OCH3 is 1. The fourth-order valence-corrected chi connectivity index (χ4v) is 2.50. The van der Waals surface area contributed by atoms with Gasteiger partial charge in [0.05, 0.1) is 20.1 Å². The van der Waals surface area contributed by atoms with E-state index >= 15 is 0 Å². The van der Waals surface area contributed by atoms with Crippen LogP contribution in [0, 0.1) is 0 Å². The van der Waals surface area contributed by atoms with Crippen molar-refractivity contribution in [2.24, 2.45) is 0 Å². The lowest BCUT2D eigenvalue weighted by molar-refractivity contribution is -0.121. The van der Waals surface area contributed by atoms with Crippen molar-refractivity contribution in [3.8, 4) is 11.5 Å². The molecule has 0 saturated carbocycles. The van der Waals surface area contributed by atoms with Gasteiger partial charge in [0.2, 0.25) is 5.91 Å². The van der Waals surface area contributed by atoms with Crippen LogP contribution in [0.4, 0.5) is 0 Å². The molecule has 25 heavy (non-hydrogen) atoms. The maximum absolute atomic E-state index is 12.1. The van der Waals surface area contributed by atoms with Crippen LogP contribution in [0.5, 0.6) is 11.5 Å². The second-order valence-corrected chi connectivity index (χ2v) is 6.03. The van der Waals surface area contributed by atoms with Crippen LogP contribution in [0.1, 0.15) is 17.5 Å².